The SMILES string of the molecule is Cc1ccncc1-c1cc2c(c(Cl)c1F)CN(c1cnn(CCOCc3ccccc3)c1)C(C1CC1C)=C2. The predicted molar refractivity (Wildman–Crippen MR) is 149 cm³/mol. The number of hydrogen-bond donors (Lipinski definition) is 0. The lowest BCUT2D eigenvalue weighted by Gasteiger charge is -2.32. The van der Waals surface area contributed by atoms with Gasteiger partial charge in [0.15, 0.2) is 0 Å². The number of pyridine rings is 1. The fraction of sp³-hybridized carbons (Fsp3) is 0.290. The first-order valence-electron chi connectivity index (χ1n) is 13.0. The summed E-state index contributed by atoms with van der Waals surface area (Å²) in [5.41, 5.74) is 7.37. The van der Waals surface area contributed by atoms with Gasteiger partial charge in [0.1, 0.15) is 5.82 Å². The molecule has 7 heteroatoms. The van der Waals surface area contributed by atoms with Gasteiger partial charge < -0.3 is 9.64 Å². The minimum Gasteiger partial charge on any atom is -0.375 e. The number of aromatic nitrogens is 3. The van der Waals surface area contributed by atoms with Gasteiger partial charge in [0.05, 0.1) is 43.2 Å². The fourth-order valence-corrected chi connectivity index (χ4v) is 5.49. The van der Waals surface area contributed by atoms with E-state index in [1.807, 2.05) is 54.3 Å². The average molecular weight is 529 g/mol. The molecule has 0 bridgehead atoms. The molecule has 1 aliphatic carbocycles. The Hall–Kier alpha value is -3.48. The van der Waals surface area contributed by atoms with Gasteiger partial charge in [0.25, 0.3) is 0 Å². The van der Waals surface area contributed by atoms with Crippen molar-refractivity contribution in [2.45, 2.75) is 40.0 Å². The van der Waals surface area contributed by atoms with E-state index in [2.05, 4.69) is 40.1 Å². The summed E-state index contributed by atoms with van der Waals surface area (Å²) in [6.45, 7) is 6.53. The second kappa shape index (κ2) is 10.4. The first-order valence-corrected chi connectivity index (χ1v) is 13.4. The molecule has 2 aliphatic rings. The second-order valence-corrected chi connectivity index (χ2v) is 10.7. The molecule has 0 spiro atoms. The van der Waals surface area contributed by atoms with Crippen molar-refractivity contribution in [1.29, 1.82) is 0 Å². The predicted octanol–water partition coefficient (Wildman–Crippen LogP) is 7.28. The van der Waals surface area contributed by atoms with Crippen LogP contribution < -0.4 is 4.90 Å². The Kier molecular flexibility index (Phi) is 6.76. The van der Waals surface area contributed by atoms with Gasteiger partial charge in [-0.3, -0.25) is 9.67 Å². The molecule has 0 N–H and O–H groups in total. The van der Waals surface area contributed by atoms with Gasteiger partial charge in [-0.1, -0.05) is 48.9 Å². The van der Waals surface area contributed by atoms with Crippen molar-refractivity contribution < 1.29 is 9.13 Å². The molecule has 1 aliphatic heterocycles. The van der Waals surface area contributed by atoms with Gasteiger partial charge in [-0.25, -0.2) is 4.39 Å². The van der Waals surface area contributed by atoms with E-state index in [-0.39, 0.29) is 5.02 Å². The van der Waals surface area contributed by atoms with Crippen LogP contribution in [0.1, 0.15) is 35.6 Å². The number of anilines is 1. The lowest BCUT2D eigenvalue weighted by molar-refractivity contribution is 0.111. The summed E-state index contributed by atoms with van der Waals surface area (Å²) < 4.78 is 23.3. The molecule has 2 aromatic carbocycles. The number of halogens is 2. The molecule has 2 atom stereocenters. The molecule has 0 amide bonds. The van der Waals surface area contributed by atoms with E-state index in [1.54, 1.807) is 12.4 Å². The van der Waals surface area contributed by atoms with Crippen LogP contribution in [0.3, 0.4) is 0 Å². The highest BCUT2D eigenvalue weighted by Crippen LogP contribution is 2.49. The molecule has 3 heterocycles. The van der Waals surface area contributed by atoms with Gasteiger partial charge in [0, 0.05) is 46.9 Å². The van der Waals surface area contributed by atoms with E-state index in [1.165, 1.54) is 5.70 Å². The van der Waals surface area contributed by atoms with E-state index in [0.717, 1.165) is 39.9 Å². The maximum Gasteiger partial charge on any atom is 0.150 e. The van der Waals surface area contributed by atoms with Crippen LogP contribution in [0, 0.1) is 24.6 Å². The lowest BCUT2D eigenvalue weighted by atomic mass is 9.93. The molecule has 0 saturated heterocycles. The topological polar surface area (TPSA) is 43.2 Å². The summed E-state index contributed by atoms with van der Waals surface area (Å²) in [4.78, 5) is 6.45. The largest absolute Gasteiger partial charge is 0.375 e. The summed E-state index contributed by atoms with van der Waals surface area (Å²) in [6, 6.07) is 14.0. The van der Waals surface area contributed by atoms with Crippen LogP contribution in [0.2, 0.25) is 5.02 Å². The standard InChI is InChI=1S/C31H30ClFN4O/c1-20-8-9-34-16-27(20)26-13-23-14-29(25-12-21(25)2)37(18-28(23)30(32)31(26)33)24-15-35-36(17-24)10-11-38-19-22-6-4-3-5-7-22/h3-9,13-17,21,25H,10-12,18-19H2,1-2H3. The van der Waals surface area contributed by atoms with Gasteiger partial charge >= 0.3 is 0 Å². The van der Waals surface area contributed by atoms with Crippen LogP contribution in [0.5, 0.6) is 0 Å². The molecule has 4 aromatic rings. The molecule has 5 nitrogen and oxygen atoms in total. The summed E-state index contributed by atoms with van der Waals surface area (Å²) in [5, 5.41) is 4.76. The van der Waals surface area contributed by atoms with Crippen LogP contribution >= 0.6 is 11.6 Å². The molecule has 0 radical (unpaired) electrons. The third-order valence-corrected chi connectivity index (χ3v) is 7.99. The Labute approximate surface area is 227 Å². The van der Waals surface area contributed by atoms with Crippen LogP contribution in [0.15, 0.2) is 72.9 Å². The second-order valence-electron chi connectivity index (χ2n) is 10.3. The van der Waals surface area contributed by atoms with Crippen molar-refractivity contribution >= 4 is 23.4 Å². The zero-order valence-corrected chi connectivity index (χ0v) is 22.3. The van der Waals surface area contributed by atoms with Gasteiger partial charge in [0.2, 0.25) is 0 Å². The number of rotatable bonds is 8. The third-order valence-electron chi connectivity index (χ3n) is 7.60. The molecular weight excluding hydrogens is 499 g/mol. The first-order chi connectivity index (χ1) is 18.5. The van der Waals surface area contributed by atoms with Gasteiger partial charge in [-0.05, 0) is 54.2 Å². The molecule has 2 aromatic heterocycles. The Bertz CT molecular complexity index is 1500. The molecule has 1 fully saturated rings. The van der Waals surface area contributed by atoms with E-state index in [0.29, 0.717) is 43.7 Å². The van der Waals surface area contributed by atoms with Crippen LogP contribution in [-0.2, 0) is 24.4 Å². The summed E-state index contributed by atoms with van der Waals surface area (Å²) in [6.07, 6.45) is 10.7. The van der Waals surface area contributed by atoms with Crippen LogP contribution in [-0.4, -0.2) is 21.4 Å². The van der Waals surface area contributed by atoms with Crippen LogP contribution in [0.4, 0.5) is 10.1 Å². The zero-order chi connectivity index (χ0) is 26.2. The van der Waals surface area contributed by atoms with Gasteiger partial charge in [-0.2, -0.15) is 5.10 Å². The number of fused-ring (bicyclic) bond motifs is 1. The van der Waals surface area contributed by atoms with E-state index in [9.17, 15) is 0 Å². The maximum atomic E-state index is 15.6. The smallest absolute Gasteiger partial charge is 0.150 e. The number of hydrogen-bond acceptors (Lipinski definition) is 4. The highest BCUT2D eigenvalue weighted by atomic mass is 35.5. The Morgan fingerprint density at radius 3 is 2.71 bits per heavy atom. The Balaban J connectivity index is 1.25. The Morgan fingerprint density at radius 2 is 1.95 bits per heavy atom. The monoisotopic (exact) mass is 528 g/mol. The molecule has 6 rings (SSSR count). The van der Waals surface area contributed by atoms with Crippen molar-refractivity contribution in [2.24, 2.45) is 11.8 Å². The van der Waals surface area contributed by atoms with Gasteiger partial charge in [-0.15, -0.1) is 0 Å². The number of allylic oxidation sites excluding steroid dienone is 1. The molecule has 38 heavy (non-hydrogen) atoms. The minimum absolute atomic E-state index is 0.173. The maximum absolute atomic E-state index is 15.6. The van der Waals surface area contributed by atoms with E-state index in [4.69, 9.17) is 16.3 Å². The number of aryl methyl sites for hydroxylation is 1. The molecular formula is C31H30ClFN4O. The third kappa shape index (κ3) is 4.86. The summed E-state index contributed by atoms with van der Waals surface area (Å²) in [7, 11) is 0. The highest BCUT2D eigenvalue weighted by Gasteiger charge is 2.40. The normalized spacial score (nSPS) is 18.3. The zero-order valence-electron chi connectivity index (χ0n) is 21.6. The minimum atomic E-state index is -0.399. The van der Waals surface area contributed by atoms with Crippen molar-refractivity contribution in [3.8, 4) is 11.1 Å². The summed E-state index contributed by atoms with van der Waals surface area (Å²) in [5.74, 6) is 0.681. The molecule has 2 unspecified atom stereocenters. The number of benzene rings is 2. The van der Waals surface area contributed by atoms with E-state index < -0.39 is 5.82 Å². The molecule has 194 valence electrons. The number of ether oxygens (including phenoxy) is 1. The van der Waals surface area contributed by atoms with Crippen molar-refractivity contribution in [2.75, 3.05) is 11.5 Å². The van der Waals surface area contributed by atoms with Crippen molar-refractivity contribution in [1.82, 2.24) is 14.8 Å². The average Bonchev–Trinajstić information content (AvgIpc) is 3.47. The highest BCUT2D eigenvalue weighted by molar-refractivity contribution is 6.32. The van der Waals surface area contributed by atoms with E-state index >= 15 is 4.39 Å². The van der Waals surface area contributed by atoms with Crippen molar-refractivity contribution in [3.05, 3.63) is 106 Å². The lowest BCUT2D eigenvalue weighted by Crippen LogP contribution is -2.27. The van der Waals surface area contributed by atoms with Crippen molar-refractivity contribution in [3.63, 3.8) is 0 Å². The Morgan fingerprint density at radius 1 is 1.13 bits per heavy atom. The quantitative estimate of drug-likeness (QED) is 0.225. The molecule has 1 saturated carbocycles. The summed E-state index contributed by atoms with van der Waals surface area (Å²) >= 11 is 6.69. The first kappa shape index (κ1) is 24.8. The fourth-order valence-electron chi connectivity index (χ4n) is 5.22. The van der Waals surface area contributed by atoms with Crippen LogP contribution in [0.25, 0.3) is 17.2 Å². The number of nitrogens with zero attached hydrogens (tertiary/aromatic N) is 4.